The number of sulfonamides is 1. The molecule has 1 amide bonds. The third kappa shape index (κ3) is 6.29. The van der Waals surface area contributed by atoms with E-state index in [0.29, 0.717) is 12.3 Å². The first-order valence-electron chi connectivity index (χ1n) is 8.68. The van der Waals surface area contributed by atoms with Gasteiger partial charge in [-0.15, -0.1) is 0 Å². The monoisotopic (exact) mass is 390 g/mol. The number of rotatable bonds is 8. The van der Waals surface area contributed by atoms with Crippen molar-refractivity contribution in [2.75, 3.05) is 30.3 Å². The second-order valence-electron chi connectivity index (χ2n) is 6.55. The normalized spacial score (nSPS) is 11.1. The maximum atomic E-state index is 12.2. The smallest absolute Gasteiger partial charge is 0.240 e. The molecule has 7 heteroatoms. The molecule has 0 aromatic heterocycles. The van der Waals surface area contributed by atoms with E-state index in [1.165, 1.54) is 5.56 Å². The molecule has 0 fully saturated rings. The molecule has 1 N–H and O–H groups in total. The lowest BCUT2D eigenvalue weighted by Gasteiger charge is -2.22. The highest BCUT2D eigenvalue weighted by Gasteiger charge is 2.20. The molecule has 0 heterocycles. The lowest BCUT2D eigenvalue weighted by atomic mass is 10.1. The molecule has 6 nitrogen and oxygen atoms in total. The zero-order chi connectivity index (χ0) is 20.0. The molecule has 2 aromatic carbocycles. The number of hydrogen-bond acceptors (Lipinski definition) is 4. The Balaban J connectivity index is 1.88. The quantitative estimate of drug-likeness (QED) is 0.703. The Kier molecular flexibility index (Phi) is 6.85. The van der Waals surface area contributed by atoms with Gasteiger partial charge in [-0.1, -0.05) is 23.8 Å². The Morgan fingerprint density at radius 2 is 1.70 bits per heavy atom. The van der Waals surface area contributed by atoms with Gasteiger partial charge in [0.15, 0.2) is 0 Å². The number of carbonyl (C=O) groups excluding carboxylic acids is 1. The number of aryl methyl sites for hydroxylation is 3. The van der Waals surface area contributed by atoms with Crippen molar-refractivity contribution in [3.8, 4) is 5.75 Å². The molecule has 0 aliphatic carbocycles. The van der Waals surface area contributed by atoms with E-state index in [-0.39, 0.29) is 19.0 Å². The van der Waals surface area contributed by atoms with E-state index in [0.717, 1.165) is 27.4 Å². The summed E-state index contributed by atoms with van der Waals surface area (Å²) in [6.45, 7) is 6.27. The van der Waals surface area contributed by atoms with Crippen LogP contribution in [0.15, 0.2) is 42.5 Å². The number of anilines is 1. The van der Waals surface area contributed by atoms with Crippen LogP contribution in [0.3, 0.4) is 0 Å². The Morgan fingerprint density at radius 1 is 1.04 bits per heavy atom. The van der Waals surface area contributed by atoms with Crippen LogP contribution in [0.25, 0.3) is 0 Å². The minimum atomic E-state index is -3.57. The second-order valence-corrected chi connectivity index (χ2v) is 8.46. The van der Waals surface area contributed by atoms with E-state index in [2.05, 4.69) is 5.32 Å². The average molecular weight is 391 g/mol. The largest absolute Gasteiger partial charge is 0.492 e. The van der Waals surface area contributed by atoms with Gasteiger partial charge in [0.25, 0.3) is 0 Å². The number of benzene rings is 2. The summed E-state index contributed by atoms with van der Waals surface area (Å²) in [7, 11) is -3.57. The molecule has 0 bridgehead atoms. The van der Waals surface area contributed by atoms with Gasteiger partial charge >= 0.3 is 0 Å². The maximum Gasteiger partial charge on any atom is 0.240 e. The average Bonchev–Trinajstić information content (AvgIpc) is 2.59. The standard InChI is InChI=1S/C20H26N2O4S/c1-15-5-8-18(9-6-15)22(27(4,24)25)14-20(23)21-11-12-26-19-10-7-16(2)17(3)13-19/h5-10,13H,11-12,14H2,1-4H3,(H,21,23). The number of hydrogen-bond donors (Lipinski definition) is 1. The van der Waals surface area contributed by atoms with E-state index >= 15 is 0 Å². The van der Waals surface area contributed by atoms with Crippen molar-refractivity contribution in [1.82, 2.24) is 5.32 Å². The molecule has 0 aliphatic rings. The van der Waals surface area contributed by atoms with E-state index in [1.807, 2.05) is 51.1 Å². The molecule has 0 saturated carbocycles. The molecule has 0 radical (unpaired) electrons. The van der Waals surface area contributed by atoms with Gasteiger partial charge in [0.2, 0.25) is 15.9 Å². The Bertz CT molecular complexity index is 893. The van der Waals surface area contributed by atoms with Gasteiger partial charge in [-0.3, -0.25) is 9.10 Å². The molecule has 0 atom stereocenters. The molecule has 2 aromatic rings. The first-order chi connectivity index (χ1) is 12.7. The number of nitrogens with one attached hydrogen (secondary N) is 1. The summed E-state index contributed by atoms with van der Waals surface area (Å²) in [5.41, 5.74) is 3.80. The summed E-state index contributed by atoms with van der Waals surface area (Å²) in [6, 6.07) is 12.8. The van der Waals surface area contributed by atoms with Crippen molar-refractivity contribution >= 4 is 21.6 Å². The van der Waals surface area contributed by atoms with Gasteiger partial charge < -0.3 is 10.1 Å². The zero-order valence-electron chi connectivity index (χ0n) is 16.2. The van der Waals surface area contributed by atoms with E-state index in [1.54, 1.807) is 12.1 Å². The van der Waals surface area contributed by atoms with Crippen LogP contribution in [-0.4, -0.2) is 40.3 Å². The van der Waals surface area contributed by atoms with Crippen molar-refractivity contribution in [1.29, 1.82) is 0 Å². The Hall–Kier alpha value is -2.54. The minimum Gasteiger partial charge on any atom is -0.492 e. The summed E-state index contributed by atoms with van der Waals surface area (Å²) >= 11 is 0. The highest BCUT2D eigenvalue weighted by atomic mass is 32.2. The summed E-state index contributed by atoms with van der Waals surface area (Å²) in [5, 5.41) is 2.69. The molecular formula is C20H26N2O4S. The molecular weight excluding hydrogens is 364 g/mol. The fourth-order valence-electron chi connectivity index (χ4n) is 2.46. The highest BCUT2D eigenvalue weighted by molar-refractivity contribution is 7.92. The van der Waals surface area contributed by atoms with Crippen LogP contribution >= 0.6 is 0 Å². The third-order valence-electron chi connectivity index (χ3n) is 4.18. The molecule has 0 spiro atoms. The maximum absolute atomic E-state index is 12.2. The van der Waals surface area contributed by atoms with Crippen molar-refractivity contribution in [2.24, 2.45) is 0 Å². The number of nitrogens with zero attached hydrogens (tertiary/aromatic N) is 1. The molecule has 0 unspecified atom stereocenters. The van der Waals surface area contributed by atoms with Crippen LogP contribution < -0.4 is 14.4 Å². The summed E-state index contributed by atoms with van der Waals surface area (Å²) in [4.78, 5) is 12.2. The van der Waals surface area contributed by atoms with Crippen LogP contribution in [0.4, 0.5) is 5.69 Å². The summed E-state index contributed by atoms with van der Waals surface area (Å²) in [5.74, 6) is 0.356. The molecule has 0 aliphatic heterocycles. The van der Waals surface area contributed by atoms with Gasteiger partial charge in [-0.25, -0.2) is 8.42 Å². The number of carbonyl (C=O) groups is 1. The van der Waals surface area contributed by atoms with Gasteiger partial charge in [-0.2, -0.15) is 0 Å². The predicted octanol–water partition coefficient (Wildman–Crippen LogP) is 2.57. The third-order valence-corrected chi connectivity index (χ3v) is 5.32. The zero-order valence-corrected chi connectivity index (χ0v) is 17.0. The summed E-state index contributed by atoms with van der Waals surface area (Å²) in [6.07, 6.45) is 1.09. The van der Waals surface area contributed by atoms with E-state index < -0.39 is 10.0 Å². The minimum absolute atomic E-state index is 0.272. The molecule has 2 rings (SSSR count). The Labute approximate surface area is 161 Å². The van der Waals surface area contributed by atoms with Crippen LogP contribution in [0.5, 0.6) is 5.75 Å². The number of ether oxygens (including phenoxy) is 1. The molecule has 27 heavy (non-hydrogen) atoms. The van der Waals surface area contributed by atoms with Gasteiger partial charge in [-0.05, 0) is 56.2 Å². The first-order valence-corrected chi connectivity index (χ1v) is 10.5. The van der Waals surface area contributed by atoms with Crippen molar-refractivity contribution < 1.29 is 17.9 Å². The number of amides is 1. The van der Waals surface area contributed by atoms with Crippen molar-refractivity contribution in [3.63, 3.8) is 0 Å². The predicted molar refractivity (Wildman–Crippen MR) is 108 cm³/mol. The fraction of sp³-hybridized carbons (Fsp3) is 0.350. The summed E-state index contributed by atoms with van der Waals surface area (Å²) < 4.78 is 30.8. The van der Waals surface area contributed by atoms with Crippen molar-refractivity contribution in [2.45, 2.75) is 20.8 Å². The Morgan fingerprint density at radius 3 is 2.30 bits per heavy atom. The van der Waals surface area contributed by atoms with Crippen molar-refractivity contribution in [3.05, 3.63) is 59.2 Å². The topological polar surface area (TPSA) is 75.7 Å². The van der Waals surface area contributed by atoms with Crippen LogP contribution in [0, 0.1) is 20.8 Å². The first kappa shape index (κ1) is 20.8. The molecule has 0 saturated heterocycles. The van der Waals surface area contributed by atoms with Gasteiger partial charge in [0.1, 0.15) is 18.9 Å². The SMILES string of the molecule is Cc1ccc(N(CC(=O)NCCOc2ccc(C)c(C)c2)S(C)(=O)=O)cc1. The van der Waals surface area contributed by atoms with E-state index in [9.17, 15) is 13.2 Å². The fourth-order valence-corrected chi connectivity index (χ4v) is 3.32. The van der Waals surface area contributed by atoms with Gasteiger partial charge in [0.05, 0.1) is 18.5 Å². The van der Waals surface area contributed by atoms with Gasteiger partial charge in [0, 0.05) is 0 Å². The van der Waals surface area contributed by atoms with Crippen LogP contribution in [-0.2, 0) is 14.8 Å². The van der Waals surface area contributed by atoms with Crippen LogP contribution in [0.2, 0.25) is 0 Å². The lowest BCUT2D eigenvalue weighted by Crippen LogP contribution is -2.41. The van der Waals surface area contributed by atoms with Crippen LogP contribution in [0.1, 0.15) is 16.7 Å². The lowest BCUT2D eigenvalue weighted by molar-refractivity contribution is -0.119. The second kappa shape index (κ2) is 8.90. The molecule has 146 valence electrons. The highest BCUT2D eigenvalue weighted by Crippen LogP contribution is 2.18. The van der Waals surface area contributed by atoms with E-state index in [4.69, 9.17) is 4.74 Å².